The molecule has 0 amide bonds. The summed E-state index contributed by atoms with van der Waals surface area (Å²) in [5.41, 5.74) is 4.30. The Hall–Kier alpha value is -2.28. The standard InChI is InChI=1S/C22H17Cl2FN2O2S/c1-2-29-22(28)20-17-12-30-11-14(9-13-3-6-16(25)7-4-13)21(17)27(26-20)19-8-5-15(23)10-18(19)24/h3-10H,2,11-12H2,1H3/b14-9-. The first-order valence-electron chi connectivity index (χ1n) is 9.26. The van der Waals surface area contributed by atoms with Gasteiger partial charge in [0.15, 0.2) is 5.69 Å². The van der Waals surface area contributed by atoms with Gasteiger partial charge in [-0.3, -0.25) is 0 Å². The Labute approximate surface area is 187 Å². The van der Waals surface area contributed by atoms with Crippen molar-refractivity contribution in [2.75, 3.05) is 12.4 Å². The second-order valence-electron chi connectivity index (χ2n) is 6.62. The number of rotatable bonds is 4. The second kappa shape index (κ2) is 8.84. The van der Waals surface area contributed by atoms with Crippen LogP contribution in [0.2, 0.25) is 10.0 Å². The van der Waals surface area contributed by atoms with Crippen LogP contribution in [0.4, 0.5) is 4.39 Å². The van der Waals surface area contributed by atoms with Crippen LogP contribution in [0.3, 0.4) is 0 Å². The summed E-state index contributed by atoms with van der Waals surface area (Å²) < 4.78 is 20.2. The molecule has 0 aliphatic carbocycles. The smallest absolute Gasteiger partial charge is 0.359 e. The first-order valence-corrected chi connectivity index (χ1v) is 11.2. The van der Waals surface area contributed by atoms with Crippen LogP contribution in [-0.2, 0) is 10.5 Å². The number of benzene rings is 2. The fourth-order valence-corrected chi connectivity index (χ4v) is 4.82. The summed E-state index contributed by atoms with van der Waals surface area (Å²) in [6, 6.07) is 11.4. The third-order valence-electron chi connectivity index (χ3n) is 4.61. The number of fused-ring (bicyclic) bond motifs is 1. The van der Waals surface area contributed by atoms with E-state index >= 15 is 0 Å². The van der Waals surface area contributed by atoms with Crippen molar-refractivity contribution >= 4 is 52.6 Å². The highest BCUT2D eigenvalue weighted by atomic mass is 35.5. The van der Waals surface area contributed by atoms with Gasteiger partial charge in [0.1, 0.15) is 5.82 Å². The van der Waals surface area contributed by atoms with Crippen LogP contribution in [-0.4, -0.2) is 28.1 Å². The Kier molecular flexibility index (Phi) is 6.18. The number of hydrogen-bond acceptors (Lipinski definition) is 4. The molecule has 8 heteroatoms. The quantitative estimate of drug-likeness (QED) is 0.427. The molecule has 0 radical (unpaired) electrons. The van der Waals surface area contributed by atoms with Crippen molar-refractivity contribution in [3.05, 3.63) is 80.8 Å². The van der Waals surface area contributed by atoms with Crippen LogP contribution in [0.5, 0.6) is 0 Å². The number of ether oxygens (including phenoxy) is 1. The monoisotopic (exact) mass is 462 g/mol. The number of carbonyl (C=O) groups excluding carboxylic acids is 1. The highest BCUT2D eigenvalue weighted by Gasteiger charge is 2.30. The number of esters is 1. The van der Waals surface area contributed by atoms with Gasteiger partial charge in [-0.25, -0.2) is 13.9 Å². The zero-order valence-electron chi connectivity index (χ0n) is 16.0. The third-order valence-corrected chi connectivity index (χ3v) is 6.15. The van der Waals surface area contributed by atoms with E-state index in [4.69, 9.17) is 27.9 Å². The van der Waals surface area contributed by atoms with Gasteiger partial charge in [-0.1, -0.05) is 35.3 Å². The molecule has 0 N–H and O–H groups in total. The zero-order valence-corrected chi connectivity index (χ0v) is 18.3. The molecule has 3 aromatic rings. The molecular formula is C22H17Cl2FN2O2S. The number of thioether (sulfide) groups is 1. The molecule has 0 saturated carbocycles. The molecule has 1 aliphatic rings. The third kappa shape index (κ3) is 4.13. The minimum absolute atomic E-state index is 0.258. The van der Waals surface area contributed by atoms with Crippen LogP contribution >= 0.6 is 35.0 Å². The fourth-order valence-electron chi connectivity index (χ4n) is 3.31. The molecule has 30 heavy (non-hydrogen) atoms. The molecule has 0 spiro atoms. The van der Waals surface area contributed by atoms with Gasteiger partial charge in [0, 0.05) is 22.1 Å². The van der Waals surface area contributed by atoms with Gasteiger partial charge in [-0.05, 0) is 54.5 Å². The molecule has 1 aliphatic heterocycles. The summed E-state index contributed by atoms with van der Waals surface area (Å²) in [5.74, 6) is 0.568. The Morgan fingerprint density at radius 2 is 2.00 bits per heavy atom. The molecule has 4 nitrogen and oxygen atoms in total. The summed E-state index contributed by atoms with van der Waals surface area (Å²) in [4.78, 5) is 12.6. The first kappa shape index (κ1) is 21.0. The van der Waals surface area contributed by atoms with Crippen molar-refractivity contribution < 1.29 is 13.9 Å². The largest absolute Gasteiger partial charge is 0.461 e. The predicted octanol–water partition coefficient (Wildman–Crippen LogP) is 6.28. The molecule has 0 saturated heterocycles. The summed E-state index contributed by atoms with van der Waals surface area (Å²) >= 11 is 14.2. The predicted molar refractivity (Wildman–Crippen MR) is 120 cm³/mol. The van der Waals surface area contributed by atoms with Crippen molar-refractivity contribution in [1.82, 2.24) is 9.78 Å². The number of hydrogen-bond donors (Lipinski definition) is 0. The molecule has 1 aromatic heterocycles. The summed E-state index contributed by atoms with van der Waals surface area (Å²) in [5, 5.41) is 5.50. The van der Waals surface area contributed by atoms with Gasteiger partial charge in [0.2, 0.25) is 0 Å². The van der Waals surface area contributed by atoms with Crippen molar-refractivity contribution in [2.45, 2.75) is 12.7 Å². The SMILES string of the molecule is CCOC(=O)c1nn(-c2ccc(Cl)cc2Cl)c2c1CSC/C2=C/c1ccc(F)cc1. The normalized spacial score (nSPS) is 14.6. The van der Waals surface area contributed by atoms with E-state index in [0.29, 0.717) is 27.2 Å². The summed E-state index contributed by atoms with van der Waals surface area (Å²) in [7, 11) is 0. The van der Waals surface area contributed by atoms with E-state index in [0.717, 1.165) is 22.4 Å². The minimum atomic E-state index is -0.471. The van der Waals surface area contributed by atoms with Crippen LogP contribution in [0.15, 0.2) is 42.5 Å². The van der Waals surface area contributed by atoms with E-state index in [1.54, 1.807) is 53.7 Å². The minimum Gasteiger partial charge on any atom is -0.461 e. The van der Waals surface area contributed by atoms with E-state index in [2.05, 4.69) is 5.10 Å². The molecule has 0 bridgehead atoms. The van der Waals surface area contributed by atoms with E-state index in [9.17, 15) is 9.18 Å². The van der Waals surface area contributed by atoms with Crippen LogP contribution in [0, 0.1) is 5.82 Å². The number of nitrogens with zero attached hydrogens (tertiary/aromatic N) is 2. The Balaban J connectivity index is 1.92. The maximum Gasteiger partial charge on any atom is 0.359 e. The van der Waals surface area contributed by atoms with Crippen molar-refractivity contribution in [1.29, 1.82) is 0 Å². The van der Waals surface area contributed by atoms with Crippen molar-refractivity contribution in [3.8, 4) is 5.69 Å². The number of carbonyl (C=O) groups is 1. The average Bonchev–Trinajstić information content (AvgIpc) is 3.10. The first-order chi connectivity index (χ1) is 14.5. The molecule has 0 atom stereocenters. The Bertz CT molecular complexity index is 1140. The van der Waals surface area contributed by atoms with Crippen LogP contribution < -0.4 is 0 Å². The number of aromatic nitrogens is 2. The lowest BCUT2D eigenvalue weighted by Gasteiger charge is -2.18. The van der Waals surface area contributed by atoms with E-state index in [-0.39, 0.29) is 18.1 Å². The van der Waals surface area contributed by atoms with Crippen molar-refractivity contribution in [2.24, 2.45) is 0 Å². The zero-order chi connectivity index (χ0) is 21.3. The van der Waals surface area contributed by atoms with Gasteiger partial charge in [-0.2, -0.15) is 16.9 Å². The molecular weight excluding hydrogens is 446 g/mol. The maximum atomic E-state index is 13.3. The van der Waals surface area contributed by atoms with E-state index in [1.807, 2.05) is 6.08 Å². The van der Waals surface area contributed by atoms with Gasteiger partial charge in [-0.15, -0.1) is 0 Å². The maximum absolute atomic E-state index is 13.3. The van der Waals surface area contributed by atoms with Crippen LogP contribution in [0.25, 0.3) is 17.3 Å². The lowest BCUT2D eigenvalue weighted by molar-refractivity contribution is 0.0518. The van der Waals surface area contributed by atoms with Crippen molar-refractivity contribution in [3.63, 3.8) is 0 Å². The molecule has 4 rings (SSSR count). The summed E-state index contributed by atoms with van der Waals surface area (Å²) in [6.45, 7) is 2.01. The van der Waals surface area contributed by atoms with Gasteiger partial charge in [0.05, 0.1) is 23.0 Å². The molecule has 2 heterocycles. The molecule has 2 aromatic carbocycles. The lowest BCUT2D eigenvalue weighted by Crippen LogP contribution is -2.09. The van der Waals surface area contributed by atoms with Gasteiger partial charge >= 0.3 is 5.97 Å². The highest BCUT2D eigenvalue weighted by molar-refractivity contribution is 7.99. The van der Waals surface area contributed by atoms with Crippen LogP contribution in [0.1, 0.15) is 34.2 Å². The topological polar surface area (TPSA) is 44.1 Å². The summed E-state index contributed by atoms with van der Waals surface area (Å²) in [6.07, 6.45) is 1.97. The van der Waals surface area contributed by atoms with E-state index < -0.39 is 5.97 Å². The fraction of sp³-hybridized carbons (Fsp3) is 0.182. The molecule has 0 unspecified atom stereocenters. The van der Waals surface area contributed by atoms with E-state index in [1.165, 1.54) is 12.1 Å². The Morgan fingerprint density at radius 1 is 1.23 bits per heavy atom. The lowest BCUT2D eigenvalue weighted by atomic mass is 10.0. The molecule has 154 valence electrons. The second-order valence-corrected chi connectivity index (χ2v) is 8.45. The highest BCUT2D eigenvalue weighted by Crippen LogP contribution is 2.38. The molecule has 0 fully saturated rings. The average molecular weight is 463 g/mol. The Morgan fingerprint density at radius 3 is 2.70 bits per heavy atom. The van der Waals surface area contributed by atoms with Gasteiger partial charge in [0.25, 0.3) is 0 Å². The van der Waals surface area contributed by atoms with Gasteiger partial charge < -0.3 is 4.74 Å². The number of halogens is 3.